The molecule has 3 aromatic rings. The van der Waals surface area contributed by atoms with Gasteiger partial charge in [-0.1, -0.05) is 30.0 Å². The number of allylic oxidation sites excluding steroid dienone is 1. The van der Waals surface area contributed by atoms with E-state index in [2.05, 4.69) is 16.8 Å². The maximum atomic E-state index is 13.0. The molecule has 0 aliphatic carbocycles. The number of ether oxygens (including phenoxy) is 2. The van der Waals surface area contributed by atoms with E-state index in [1.807, 2.05) is 28.8 Å². The third-order valence-electron chi connectivity index (χ3n) is 4.35. The van der Waals surface area contributed by atoms with Crippen LogP contribution in [0.4, 0.5) is 4.39 Å². The first kappa shape index (κ1) is 19.2. The molecule has 0 radical (unpaired) electrons. The van der Waals surface area contributed by atoms with Crippen LogP contribution in [0.15, 0.2) is 66.3 Å². The standard InChI is InChI=1S/C21H18FN3O3S/c1-2-11-25-20(19-12-27-17-5-3-4-6-18(17)28-19)23-24-21(25)29-13-16(26)14-7-9-15(22)10-8-14/h2-10,19H,1,11-13H2/t19-/m1/s1. The first-order chi connectivity index (χ1) is 14.2. The molecule has 6 nitrogen and oxygen atoms in total. The molecule has 148 valence electrons. The van der Waals surface area contributed by atoms with Crippen LogP contribution in [0.2, 0.25) is 0 Å². The Labute approximate surface area is 171 Å². The number of Topliss-reactive ketones (excluding diaryl/α,β-unsaturated/α-hetero) is 1. The lowest BCUT2D eigenvalue weighted by atomic mass is 10.1. The summed E-state index contributed by atoms with van der Waals surface area (Å²) in [5.41, 5.74) is 0.453. The van der Waals surface area contributed by atoms with Crippen LogP contribution in [-0.2, 0) is 6.54 Å². The molecule has 1 aliphatic heterocycles. The van der Waals surface area contributed by atoms with Crippen LogP contribution < -0.4 is 9.47 Å². The van der Waals surface area contributed by atoms with E-state index in [1.165, 1.54) is 36.0 Å². The number of hydrogen-bond donors (Lipinski definition) is 0. The predicted octanol–water partition coefficient (Wildman–Crippen LogP) is 4.09. The van der Waals surface area contributed by atoms with Gasteiger partial charge in [0.1, 0.15) is 12.4 Å². The zero-order chi connectivity index (χ0) is 20.2. The number of rotatable bonds is 7. The number of carbonyl (C=O) groups is 1. The molecule has 8 heteroatoms. The highest BCUT2D eigenvalue weighted by Gasteiger charge is 2.28. The van der Waals surface area contributed by atoms with Gasteiger partial charge in [0.2, 0.25) is 0 Å². The van der Waals surface area contributed by atoms with E-state index in [9.17, 15) is 9.18 Å². The minimum absolute atomic E-state index is 0.115. The SMILES string of the molecule is C=CCn1c(SCC(=O)c2ccc(F)cc2)nnc1[C@H]1COc2ccccc2O1. The lowest BCUT2D eigenvalue weighted by Crippen LogP contribution is -2.25. The van der Waals surface area contributed by atoms with E-state index in [0.29, 0.717) is 41.2 Å². The second kappa shape index (κ2) is 8.48. The Bertz CT molecular complexity index is 1040. The van der Waals surface area contributed by atoms with Crippen molar-refractivity contribution in [1.29, 1.82) is 0 Å². The van der Waals surface area contributed by atoms with Crippen molar-refractivity contribution in [2.24, 2.45) is 0 Å². The highest BCUT2D eigenvalue weighted by molar-refractivity contribution is 7.99. The Hall–Kier alpha value is -3.13. The van der Waals surface area contributed by atoms with Crippen LogP contribution in [0, 0.1) is 5.82 Å². The summed E-state index contributed by atoms with van der Waals surface area (Å²) < 4.78 is 26.7. The lowest BCUT2D eigenvalue weighted by Gasteiger charge is -2.26. The average molecular weight is 411 g/mol. The van der Waals surface area contributed by atoms with Crippen LogP contribution in [0.3, 0.4) is 0 Å². The zero-order valence-electron chi connectivity index (χ0n) is 15.5. The number of para-hydroxylation sites is 2. The number of benzene rings is 2. The van der Waals surface area contributed by atoms with Gasteiger partial charge in [-0.2, -0.15) is 0 Å². The van der Waals surface area contributed by atoms with Crippen LogP contribution in [0.1, 0.15) is 22.3 Å². The second-order valence-corrected chi connectivity index (χ2v) is 7.27. The molecule has 1 atom stereocenters. The second-order valence-electron chi connectivity index (χ2n) is 6.32. The van der Waals surface area contributed by atoms with Crippen molar-refractivity contribution in [3.63, 3.8) is 0 Å². The van der Waals surface area contributed by atoms with Gasteiger partial charge in [-0.25, -0.2) is 4.39 Å². The molecule has 4 rings (SSSR count). The van der Waals surface area contributed by atoms with E-state index in [4.69, 9.17) is 9.47 Å². The molecular formula is C21H18FN3O3S. The summed E-state index contributed by atoms with van der Waals surface area (Å²) in [6.45, 7) is 4.57. The lowest BCUT2D eigenvalue weighted by molar-refractivity contribution is 0.0821. The summed E-state index contributed by atoms with van der Waals surface area (Å²) in [6.07, 6.45) is 1.32. The number of carbonyl (C=O) groups excluding carboxylic acids is 1. The largest absolute Gasteiger partial charge is 0.485 e. The maximum Gasteiger partial charge on any atom is 0.192 e. The monoisotopic (exact) mass is 411 g/mol. The number of nitrogens with zero attached hydrogens (tertiary/aromatic N) is 3. The van der Waals surface area contributed by atoms with Crippen molar-refractivity contribution in [2.45, 2.75) is 17.8 Å². The molecule has 0 saturated carbocycles. The third-order valence-corrected chi connectivity index (χ3v) is 5.32. The summed E-state index contributed by atoms with van der Waals surface area (Å²) in [6, 6.07) is 12.9. The number of ketones is 1. The van der Waals surface area contributed by atoms with Crippen molar-refractivity contribution < 1.29 is 18.7 Å². The first-order valence-corrected chi connectivity index (χ1v) is 9.98. The van der Waals surface area contributed by atoms with Crippen molar-refractivity contribution in [1.82, 2.24) is 14.8 Å². The number of fused-ring (bicyclic) bond motifs is 1. The fourth-order valence-electron chi connectivity index (χ4n) is 2.94. The summed E-state index contributed by atoms with van der Waals surface area (Å²) >= 11 is 1.27. The van der Waals surface area contributed by atoms with E-state index in [0.717, 1.165) is 0 Å². The molecule has 29 heavy (non-hydrogen) atoms. The topological polar surface area (TPSA) is 66.2 Å². The van der Waals surface area contributed by atoms with E-state index in [1.54, 1.807) is 6.08 Å². The van der Waals surface area contributed by atoms with Gasteiger partial charge in [0.05, 0.1) is 5.75 Å². The van der Waals surface area contributed by atoms with E-state index in [-0.39, 0.29) is 17.4 Å². The minimum atomic E-state index is -0.417. The van der Waals surface area contributed by atoms with Crippen molar-refractivity contribution in [3.8, 4) is 11.5 Å². The van der Waals surface area contributed by atoms with E-state index >= 15 is 0 Å². The van der Waals surface area contributed by atoms with Gasteiger partial charge >= 0.3 is 0 Å². The molecule has 0 amide bonds. The summed E-state index contributed by atoms with van der Waals surface area (Å²) in [5.74, 6) is 1.62. The highest BCUT2D eigenvalue weighted by atomic mass is 32.2. The van der Waals surface area contributed by atoms with Gasteiger partial charge in [-0.15, -0.1) is 16.8 Å². The normalized spacial score (nSPS) is 15.1. The number of hydrogen-bond acceptors (Lipinski definition) is 6. The van der Waals surface area contributed by atoms with E-state index < -0.39 is 6.10 Å². The quantitative estimate of drug-likeness (QED) is 0.331. The smallest absolute Gasteiger partial charge is 0.192 e. The van der Waals surface area contributed by atoms with Crippen LogP contribution >= 0.6 is 11.8 Å². The number of halogens is 1. The molecule has 0 spiro atoms. The predicted molar refractivity (Wildman–Crippen MR) is 107 cm³/mol. The third kappa shape index (κ3) is 4.17. The number of thioether (sulfide) groups is 1. The first-order valence-electron chi connectivity index (χ1n) is 8.99. The summed E-state index contributed by atoms with van der Waals surface area (Å²) in [7, 11) is 0. The molecule has 1 aliphatic rings. The summed E-state index contributed by atoms with van der Waals surface area (Å²) in [5, 5.41) is 9.08. The van der Waals surface area contributed by atoms with Gasteiger partial charge in [-0.05, 0) is 36.4 Å². The highest BCUT2D eigenvalue weighted by Crippen LogP contribution is 2.36. The molecule has 2 heterocycles. The van der Waals surface area contributed by atoms with Crippen molar-refractivity contribution in [3.05, 3.63) is 78.4 Å². The molecular weight excluding hydrogens is 393 g/mol. The van der Waals surface area contributed by atoms with Crippen LogP contribution in [0.5, 0.6) is 11.5 Å². The molecule has 0 unspecified atom stereocenters. The zero-order valence-corrected chi connectivity index (χ0v) is 16.3. The van der Waals surface area contributed by atoms with Crippen molar-refractivity contribution in [2.75, 3.05) is 12.4 Å². The molecule has 1 aromatic heterocycles. The molecule has 0 fully saturated rings. The van der Waals surface area contributed by atoms with Gasteiger partial charge in [0.15, 0.2) is 34.4 Å². The maximum absolute atomic E-state index is 13.0. The Balaban J connectivity index is 1.50. The van der Waals surface area contributed by atoms with Crippen LogP contribution in [-0.4, -0.2) is 32.9 Å². The molecule has 0 N–H and O–H groups in total. The fourth-order valence-corrected chi connectivity index (χ4v) is 3.79. The summed E-state index contributed by atoms with van der Waals surface area (Å²) in [4.78, 5) is 12.4. The van der Waals surface area contributed by atoms with Gasteiger partial charge < -0.3 is 9.47 Å². The Morgan fingerprint density at radius 3 is 2.72 bits per heavy atom. The van der Waals surface area contributed by atoms with Gasteiger partial charge in [0, 0.05) is 12.1 Å². The van der Waals surface area contributed by atoms with Gasteiger partial charge in [-0.3, -0.25) is 9.36 Å². The number of aromatic nitrogens is 3. The molecule has 0 saturated heterocycles. The molecule has 0 bridgehead atoms. The average Bonchev–Trinajstić information content (AvgIpc) is 3.15. The Morgan fingerprint density at radius 2 is 1.97 bits per heavy atom. The van der Waals surface area contributed by atoms with Crippen molar-refractivity contribution >= 4 is 17.5 Å². The Morgan fingerprint density at radius 1 is 1.21 bits per heavy atom. The molecule has 2 aromatic carbocycles. The van der Waals surface area contributed by atoms with Gasteiger partial charge in [0.25, 0.3) is 0 Å². The van der Waals surface area contributed by atoms with Crippen LogP contribution in [0.25, 0.3) is 0 Å². The minimum Gasteiger partial charge on any atom is -0.485 e. The Kier molecular flexibility index (Phi) is 5.62. The fraction of sp³-hybridized carbons (Fsp3) is 0.190.